The maximum atomic E-state index is 6.88. The molecule has 4 heteroatoms. The normalized spacial score (nSPS) is 33.2. The van der Waals surface area contributed by atoms with E-state index in [4.69, 9.17) is 14.3 Å². The van der Waals surface area contributed by atoms with Crippen molar-refractivity contribution in [1.82, 2.24) is 5.06 Å². The molecule has 4 nitrogen and oxygen atoms in total. The molecule has 0 aromatic heterocycles. The summed E-state index contributed by atoms with van der Waals surface area (Å²) < 4.78 is 13.8. The van der Waals surface area contributed by atoms with Gasteiger partial charge in [-0.2, -0.15) is 5.06 Å². The minimum Gasteiger partial charge on any atom is -0.318 e. The lowest BCUT2D eigenvalue weighted by atomic mass is 9.66. The molecule has 0 N–H and O–H groups in total. The summed E-state index contributed by atoms with van der Waals surface area (Å²) >= 11 is 0. The van der Waals surface area contributed by atoms with Gasteiger partial charge in [0.2, 0.25) is 0 Å². The quantitative estimate of drug-likeness (QED) is 0.407. The third kappa shape index (κ3) is 4.21. The van der Waals surface area contributed by atoms with E-state index >= 15 is 0 Å². The van der Waals surface area contributed by atoms with Crippen molar-refractivity contribution in [2.75, 3.05) is 0 Å². The first-order valence-electron chi connectivity index (χ1n) is 12.6. The molecule has 31 heavy (non-hydrogen) atoms. The fraction of sp³-hybridized carbons (Fsp3) is 0.778. The van der Waals surface area contributed by atoms with Crippen molar-refractivity contribution in [3.63, 3.8) is 0 Å². The largest absolute Gasteiger partial charge is 0.318 e. The van der Waals surface area contributed by atoms with E-state index in [1.165, 1.54) is 5.56 Å². The van der Waals surface area contributed by atoms with Crippen LogP contribution in [0.2, 0.25) is 0 Å². The van der Waals surface area contributed by atoms with Crippen molar-refractivity contribution in [2.45, 2.75) is 129 Å². The molecule has 1 spiro atoms. The van der Waals surface area contributed by atoms with Gasteiger partial charge >= 0.3 is 0 Å². The Labute approximate surface area is 190 Å². The monoisotopic (exact) mass is 431 g/mol. The standard InChI is InChI=1S/C27H45NO3/c1-9-18-26(19-10-2)30-27(31-26)20-24(7,11-3)28(25(8,12-4)22(27)6)29-21(5)23-16-14-13-15-17-23/h13-17,21-22H,9-12,18-20H2,1-8H3. The molecule has 4 atom stereocenters. The topological polar surface area (TPSA) is 30.9 Å². The van der Waals surface area contributed by atoms with E-state index in [2.05, 4.69) is 90.8 Å². The van der Waals surface area contributed by atoms with E-state index in [1.54, 1.807) is 0 Å². The Kier molecular flexibility index (Phi) is 7.27. The highest BCUT2D eigenvalue weighted by molar-refractivity contribution is 5.17. The molecular weight excluding hydrogens is 386 g/mol. The molecule has 0 bridgehead atoms. The molecule has 3 rings (SSSR count). The average Bonchev–Trinajstić information content (AvgIpc) is 2.75. The van der Waals surface area contributed by atoms with Crippen molar-refractivity contribution >= 4 is 0 Å². The molecule has 1 aromatic carbocycles. The SMILES string of the molecule is CCCC1(CCC)OC2(CC(C)(CC)N(OC(C)c3ccccc3)C(C)(CC)C2C)O1. The highest BCUT2D eigenvalue weighted by atomic mass is 16.9. The Hall–Kier alpha value is -0.940. The van der Waals surface area contributed by atoms with Crippen LogP contribution in [0.5, 0.6) is 0 Å². The molecule has 2 heterocycles. The van der Waals surface area contributed by atoms with Crippen LogP contribution in [-0.2, 0) is 14.3 Å². The van der Waals surface area contributed by atoms with Gasteiger partial charge in [0.15, 0.2) is 11.6 Å². The smallest absolute Gasteiger partial charge is 0.181 e. The van der Waals surface area contributed by atoms with E-state index in [0.29, 0.717) is 0 Å². The summed E-state index contributed by atoms with van der Waals surface area (Å²) in [6.07, 6.45) is 6.83. The fourth-order valence-electron chi connectivity index (χ4n) is 5.91. The zero-order chi connectivity index (χ0) is 22.9. The highest BCUT2D eigenvalue weighted by Gasteiger charge is 2.69. The van der Waals surface area contributed by atoms with Crippen LogP contribution in [0.1, 0.15) is 112 Å². The van der Waals surface area contributed by atoms with Crippen molar-refractivity contribution in [3.05, 3.63) is 35.9 Å². The van der Waals surface area contributed by atoms with Gasteiger partial charge in [0.25, 0.3) is 0 Å². The predicted molar refractivity (Wildman–Crippen MR) is 126 cm³/mol. The summed E-state index contributed by atoms with van der Waals surface area (Å²) in [6, 6.07) is 10.5. The molecule has 2 aliphatic heterocycles. The minimum atomic E-state index is -0.532. The second-order valence-corrected chi connectivity index (χ2v) is 10.3. The van der Waals surface area contributed by atoms with Gasteiger partial charge < -0.3 is 9.47 Å². The molecule has 2 aliphatic rings. The maximum Gasteiger partial charge on any atom is 0.181 e. The van der Waals surface area contributed by atoms with Gasteiger partial charge in [-0.25, -0.2) is 0 Å². The highest BCUT2D eigenvalue weighted by Crippen LogP contribution is 2.60. The number of hydrogen-bond donors (Lipinski definition) is 0. The van der Waals surface area contributed by atoms with Crippen LogP contribution in [0, 0.1) is 5.92 Å². The Bertz CT molecular complexity index is 708. The van der Waals surface area contributed by atoms with Crippen LogP contribution >= 0.6 is 0 Å². The first-order chi connectivity index (χ1) is 14.6. The summed E-state index contributed by atoms with van der Waals surface area (Å²) in [6.45, 7) is 18.0. The molecule has 1 aromatic rings. The number of hydrogen-bond acceptors (Lipinski definition) is 4. The zero-order valence-corrected chi connectivity index (χ0v) is 21.2. The summed E-state index contributed by atoms with van der Waals surface area (Å²) in [5.41, 5.74) is 0.829. The van der Waals surface area contributed by atoms with Crippen LogP contribution in [0.4, 0.5) is 0 Å². The van der Waals surface area contributed by atoms with Gasteiger partial charge in [-0.3, -0.25) is 4.84 Å². The second kappa shape index (κ2) is 9.13. The maximum absolute atomic E-state index is 6.88. The van der Waals surface area contributed by atoms with E-state index in [0.717, 1.165) is 44.9 Å². The number of hydroxylamine groups is 2. The van der Waals surface area contributed by atoms with Crippen LogP contribution in [0.3, 0.4) is 0 Å². The summed E-state index contributed by atoms with van der Waals surface area (Å²) in [5, 5.41) is 2.32. The Morgan fingerprint density at radius 3 is 2.06 bits per heavy atom. The number of benzene rings is 1. The molecule has 0 aliphatic carbocycles. The van der Waals surface area contributed by atoms with Crippen LogP contribution in [-0.4, -0.2) is 27.7 Å². The molecule has 0 amide bonds. The number of ether oxygens (including phenoxy) is 2. The summed E-state index contributed by atoms with van der Waals surface area (Å²) in [4.78, 5) is 6.79. The van der Waals surface area contributed by atoms with E-state index in [1.807, 2.05) is 0 Å². The molecule has 0 saturated carbocycles. The average molecular weight is 432 g/mol. The van der Waals surface area contributed by atoms with Gasteiger partial charge in [-0.05, 0) is 39.2 Å². The third-order valence-corrected chi connectivity index (χ3v) is 8.16. The lowest BCUT2D eigenvalue weighted by molar-refractivity contribution is -0.555. The summed E-state index contributed by atoms with van der Waals surface area (Å²) in [7, 11) is 0. The molecule has 2 fully saturated rings. The van der Waals surface area contributed by atoms with Gasteiger partial charge in [0.1, 0.15) is 6.10 Å². The molecule has 0 radical (unpaired) electrons. The molecule has 4 unspecified atom stereocenters. The molecule has 2 saturated heterocycles. The van der Waals surface area contributed by atoms with E-state index in [-0.39, 0.29) is 23.1 Å². The van der Waals surface area contributed by atoms with Gasteiger partial charge in [0, 0.05) is 30.7 Å². The Morgan fingerprint density at radius 1 is 1.00 bits per heavy atom. The Balaban J connectivity index is 1.92. The second-order valence-electron chi connectivity index (χ2n) is 10.3. The number of rotatable bonds is 9. The lowest BCUT2D eigenvalue weighted by Gasteiger charge is -2.69. The zero-order valence-electron chi connectivity index (χ0n) is 21.2. The van der Waals surface area contributed by atoms with Gasteiger partial charge in [-0.1, -0.05) is 77.8 Å². The van der Waals surface area contributed by atoms with Crippen molar-refractivity contribution < 1.29 is 14.3 Å². The predicted octanol–water partition coefficient (Wildman–Crippen LogP) is 7.40. The van der Waals surface area contributed by atoms with Crippen molar-refractivity contribution in [2.24, 2.45) is 5.92 Å². The number of nitrogens with zero attached hydrogens (tertiary/aromatic N) is 1. The third-order valence-electron chi connectivity index (χ3n) is 8.16. The minimum absolute atomic E-state index is 0.0123. The van der Waals surface area contributed by atoms with Crippen LogP contribution in [0.15, 0.2) is 30.3 Å². The van der Waals surface area contributed by atoms with Crippen LogP contribution < -0.4 is 0 Å². The Morgan fingerprint density at radius 2 is 1.58 bits per heavy atom. The van der Waals surface area contributed by atoms with E-state index in [9.17, 15) is 0 Å². The summed E-state index contributed by atoms with van der Waals surface area (Å²) in [5.74, 6) is -0.744. The van der Waals surface area contributed by atoms with E-state index < -0.39 is 11.6 Å². The number of piperidine rings is 1. The molecular formula is C27H45NO3. The fourth-order valence-corrected chi connectivity index (χ4v) is 5.91. The first kappa shape index (κ1) is 24.7. The lowest BCUT2D eigenvalue weighted by Crippen LogP contribution is -2.78. The van der Waals surface area contributed by atoms with Crippen LogP contribution in [0.25, 0.3) is 0 Å². The molecule has 176 valence electrons. The van der Waals surface area contributed by atoms with Crippen molar-refractivity contribution in [1.29, 1.82) is 0 Å². The van der Waals surface area contributed by atoms with Gasteiger partial charge in [0.05, 0.1) is 5.54 Å². The first-order valence-corrected chi connectivity index (χ1v) is 12.6. The van der Waals surface area contributed by atoms with Gasteiger partial charge in [-0.15, -0.1) is 0 Å². The van der Waals surface area contributed by atoms with Crippen molar-refractivity contribution in [3.8, 4) is 0 Å².